The van der Waals surface area contributed by atoms with E-state index in [0.29, 0.717) is 17.6 Å². The molecular formula is C16H20ClN3O. The lowest BCUT2D eigenvalue weighted by atomic mass is 10.3. The minimum absolute atomic E-state index is 0.0590. The van der Waals surface area contributed by atoms with E-state index in [0.717, 1.165) is 12.2 Å². The monoisotopic (exact) mass is 305 g/mol. The van der Waals surface area contributed by atoms with Crippen LogP contribution in [0.2, 0.25) is 5.02 Å². The van der Waals surface area contributed by atoms with Gasteiger partial charge in [0.15, 0.2) is 0 Å². The Kier molecular flexibility index (Phi) is 5.42. The topological polar surface area (TPSA) is 46.1 Å². The molecule has 2 aromatic rings. The molecule has 2 N–H and O–H groups in total. The molecule has 2 rings (SSSR count). The van der Waals surface area contributed by atoms with E-state index in [4.69, 9.17) is 11.6 Å². The summed E-state index contributed by atoms with van der Waals surface area (Å²) in [5.74, 6) is -0.0590. The molecule has 0 aliphatic heterocycles. The lowest BCUT2D eigenvalue weighted by molar-refractivity contribution is -0.116. The molecule has 4 nitrogen and oxygen atoms in total. The Morgan fingerprint density at radius 1 is 1.24 bits per heavy atom. The highest BCUT2D eigenvalue weighted by atomic mass is 35.5. The molecule has 0 atom stereocenters. The fourth-order valence-corrected chi connectivity index (χ4v) is 2.04. The third-order valence-electron chi connectivity index (χ3n) is 2.98. The molecule has 0 saturated heterocycles. The van der Waals surface area contributed by atoms with E-state index in [9.17, 15) is 4.79 Å². The number of amides is 1. The van der Waals surface area contributed by atoms with Crippen LogP contribution in [-0.2, 0) is 17.9 Å². The Balaban J connectivity index is 1.86. The molecule has 0 unspecified atom stereocenters. The van der Waals surface area contributed by atoms with E-state index >= 15 is 0 Å². The van der Waals surface area contributed by atoms with E-state index in [-0.39, 0.29) is 5.91 Å². The third kappa shape index (κ3) is 5.25. The third-order valence-corrected chi connectivity index (χ3v) is 3.23. The molecule has 1 amide bonds. The fourth-order valence-electron chi connectivity index (χ4n) is 1.91. The zero-order valence-corrected chi connectivity index (χ0v) is 13.0. The number of carbonyl (C=O) groups excluding carboxylic acids is 1. The van der Waals surface area contributed by atoms with Gasteiger partial charge < -0.3 is 15.2 Å². The number of nitrogens with one attached hydrogen (secondary N) is 2. The lowest BCUT2D eigenvalue weighted by Gasteiger charge is -2.07. The van der Waals surface area contributed by atoms with Gasteiger partial charge in [0.2, 0.25) is 5.91 Å². The summed E-state index contributed by atoms with van der Waals surface area (Å²) < 4.78 is 1.88. The zero-order chi connectivity index (χ0) is 15.2. The Hall–Kier alpha value is -1.78. The van der Waals surface area contributed by atoms with Crippen molar-refractivity contribution in [2.75, 3.05) is 5.32 Å². The molecule has 0 fully saturated rings. The van der Waals surface area contributed by atoms with Crippen molar-refractivity contribution in [1.82, 2.24) is 9.88 Å². The van der Waals surface area contributed by atoms with Crippen LogP contribution in [0.15, 0.2) is 42.7 Å². The molecule has 1 heterocycles. The molecule has 0 aliphatic rings. The summed E-state index contributed by atoms with van der Waals surface area (Å²) in [5.41, 5.74) is 1.92. The summed E-state index contributed by atoms with van der Waals surface area (Å²) in [4.78, 5) is 12.0. The number of aromatic nitrogens is 1. The molecule has 21 heavy (non-hydrogen) atoms. The maximum absolute atomic E-state index is 12.0. The van der Waals surface area contributed by atoms with Gasteiger partial charge in [0.1, 0.15) is 6.54 Å². The summed E-state index contributed by atoms with van der Waals surface area (Å²) >= 11 is 5.81. The van der Waals surface area contributed by atoms with Crippen LogP contribution in [0.5, 0.6) is 0 Å². The lowest BCUT2D eigenvalue weighted by Crippen LogP contribution is -2.21. The first-order valence-electron chi connectivity index (χ1n) is 6.96. The van der Waals surface area contributed by atoms with Crippen LogP contribution in [0.1, 0.15) is 19.4 Å². The molecule has 112 valence electrons. The van der Waals surface area contributed by atoms with Crippen LogP contribution in [-0.4, -0.2) is 16.5 Å². The van der Waals surface area contributed by atoms with Crippen molar-refractivity contribution in [3.8, 4) is 0 Å². The second-order valence-electron chi connectivity index (χ2n) is 5.28. The van der Waals surface area contributed by atoms with Crippen molar-refractivity contribution in [1.29, 1.82) is 0 Å². The largest absolute Gasteiger partial charge is 0.345 e. The first kappa shape index (κ1) is 15.6. The van der Waals surface area contributed by atoms with Crippen molar-refractivity contribution in [3.05, 3.63) is 53.3 Å². The first-order valence-corrected chi connectivity index (χ1v) is 7.34. The van der Waals surface area contributed by atoms with E-state index in [1.54, 1.807) is 24.3 Å². The average molecular weight is 306 g/mol. The molecule has 0 radical (unpaired) electrons. The number of rotatable bonds is 6. The predicted octanol–water partition coefficient (Wildman–Crippen LogP) is 3.28. The van der Waals surface area contributed by atoms with E-state index in [2.05, 4.69) is 24.5 Å². The SMILES string of the molecule is CC(C)NCc1ccn(CC(=O)Nc2ccc(Cl)cc2)c1. The Labute approximate surface area is 130 Å². The van der Waals surface area contributed by atoms with Gasteiger partial charge in [0.05, 0.1) is 0 Å². The van der Waals surface area contributed by atoms with Gasteiger partial charge in [-0.15, -0.1) is 0 Å². The molecule has 1 aromatic carbocycles. The molecular weight excluding hydrogens is 286 g/mol. The van der Waals surface area contributed by atoms with Crippen LogP contribution in [0.25, 0.3) is 0 Å². The van der Waals surface area contributed by atoms with Gasteiger partial charge in [0, 0.05) is 35.7 Å². The van der Waals surface area contributed by atoms with Crippen molar-refractivity contribution >= 4 is 23.2 Å². The van der Waals surface area contributed by atoms with Gasteiger partial charge in [-0.3, -0.25) is 4.79 Å². The fraction of sp³-hybridized carbons (Fsp3) is 0.312. The van der Waals surface area contributed by atoms with Gasteiger partial charge in [-0.05, 0) is 35.9 Å². The molecule has 1 aromatic heterocycles. The van der Waals surface area contributed by atoms with Gasteiger partial charge in [0.25, 0.3) is 0 Å². The second kappa shape index (κ2) is 7.29. The van der Waals surface area contributed by atoms with Crippen LogP contribution < -0.4 is 10.6 Å². The van der Waals surface area contributed by atoms with Crippen LogP contribution in [0.3, 0.4) is 0 Å². The Morgan fingerprint density at radius 2 is 1.95 bits per heavy atom. The molecule has 0 aliphatic carbocycles. The quantitative estimate of drug-likeness (QED) is 0.860. The van der Waals surface area contributed by atoms with Gasteiger partial charge in [-0.25, -0.2) is 0 Å². The number of benzene rings is 1. The predicted molar refractivity (Wildman–Crippen MR) is 86.5 cm³/mol. The maximum Gasteiger partial charge on any atom is 0.244 e. The van der Waals surface area contributed by atoms with Crippen molar-refractivity contribution in [3.63, 3.8) is 0 Å². The number of hydrogen-bond acceptors (Lipinski definition) is 2. The number of hydrogen-bond donors (Lipinski definition) is 2. The number of halogens is 1. The van der Waals surface area contributed by atoms with E-state index in [1.165, 1.54) is 5.56 Å². The van der Waals surface area contributed by atoms with Gasteiger partial charge >= 0.3 is 0 Å². The summed E-state index contributed by atoms with van der Waals surface area (Å²) in [6.45, 7) is 5.32. The Morgan fingerprint density at radius 3 is 2.62 bits per heavy atom. The van der Waals surface area contributed by atoms with E-state index < -0.39 is 0 Å². The number of anilines is 1. The minimum atomic E-state index is -0.0590. The van der Waals surface area contributed by atoms with Crippen LogP contribution in [0, 0.1) is 0 Å². The van der Waals surface area contributed by atoms with Crippen molar-refractivity contribution < 1.29 is 4.79 Å². The average Bonchev–Trinajstić information content (AvgIpc) is 2.86. The zero-order valence-electron chi connectivity index (χ0n) is 12.3. The summed E-state index contributed by atoms with van der Waals surface area (Å²) in [6, 6.07) is 9.54. The van der Waals surface area contributed by atoms with E-state index in [1.807, 2.05) is 23.0 Å². The maximum atomic E-state index is 12.0. The normalized spacial score (nSPS) is 10.9. The standard InChI is InChI=1S/C16H20ClN3O/c1-12(2)18-9-13-7-8-20(10-13)11-16(21)19-15-5-3-14(17)4-6-15/h3-8,10,12,18H,9,11H2,1-2H3,(H,19,21). The molecule has 0 saturated carbocycles. The van der Waals surface area contributed by atoms with Crippen molar-refractivity contribution in [2.45, 2.75) is 33.0 Å². The van der Waals surface area contributed by atoms with Crippen LogP contribution >= 0.6 is 11.6 Å². The highest BCUT2D eigenvalue weighted by Gasteiger charge is 2.05. The summed E-state index contributed by atoms with van der Waals surface area (Å²) in [6.07, 6.45) is 3.90. The molecule has 5 heteroatoms. The highest BCUT2D eigenvalue weighted by molar-refractivity contribution is 6.30. The van der Waals surface area contributed by atoms with Crippen LogP contribution in [0.4, 0.5) is 5.69 Å². The second-order valence-corrected chi connectivity index (χ2v) is 5.72. The summed E-state index contributed by atoms with van der Waals surface area (Å²) in [5, 5.41) is 6.84. The summed E-state index contributed by atoms with van der Waals surface area (Å²) in [7, 11) is 0. The van der Waals surface area contributed by atoms with Gasteiger partial charge in [-0.2, -0.15) is 0 Å². The van der Waals surface area contributed by atoms with Crippen molar-refractivity contribution in [2.24, 2.45) is 0 Å². The minimum Gasteiger partial charge on any atom is -0.345 e. The number of carbonyl (C=O) groups is 1. The van der Waals surface area contributed by atoms with Gasteiger partial charge in [-0.1, -0.05) is 25.4 Å². The first-order chi connectivity index (χ1) is 10.0. The Bertz CT molecular complexity index is 590. The molecule has 0 spiro atoms. The smallest absolute Gasteiger partial charge is 0.244 e. The number of nitrogens with zero attached hydrogens (tertiary/aromatic N) is 1. The highest BCUT2D eigenvalue weighted by Crippen LogP contribution is 2.13. The molecule has 0 bridgehead atoms.